The quantitative estimate of drug-likeness (QED) is 0.726. The van der Waals surface area contributed by atoms with Crippen LogP contribution in [0.1, 0.15) is 39.5 Å². The molecule has 0 saturated heterocycles. The van der Waals surface area contributed by atoms with E-state index in [4.69, 9.17) is 4.74 Å². The molecule has 2 unspecified atom stereocenters. The van der Waals surface area contributed by atoms with E-state index in [1.165, 1.54) is 0 Å². The van der Waals surface area contributed by atoms with Crippen LogP contribution in [0.15, 0.2) is 0 Å². The van der Waals surface area contributed by atoms with Crippen LogP contribution in [-0.4, -0.2) is 30.1 Å². The van der Waals surface area contributed by atoms with E-state index in [9.17, 15) is 18.3 Å². The van der Waals surface area contributed by atoms with Gasteiger partial charge in [-0.2, -0.15) is 13.2 Å². The van der Waals surface area contributed by atoms with E-state index in [2.05, 4.69) is 0 Å². The predicted molar refractivity (Wildman–Crippen MR) is 51.6 cm³/mol. The molecule has 0 aliphatic carbocycles. The number of alkyl halides is 3. The topological polar surface area (TPSA) is 29.5 Å². The highest BCUT2D eigenvalue weighted by molar-refractivity contribution is 4.70. The molecular formula is C10H19F3O2. The van der Waals surface area contributed by atoms with Crippen LogP contribution in [0.3, 0.4) is 0 Å². The Bertz CT molecular complexity index is 153. The largest absolute Gasteiger partial charge is 0.390 e. The summed E-state index contributed by atoms with van der Waals surface area (Å²) in [6, 6.07) is 0. The van der Waals surface area contributed by atoms with Crippen LogP contribution in [0, 0.1) is 0 Å². The van der Waals surface area contributed by atoms with Gasteiger partial charge in [0, 0.05) is 13.0 Å². The van der Waals surface area contributed by atoms with Gasteiger partial charge in [0.25, 0.3) is 0 Å². The SMILES string of the molecule is CCCC(OCC)C(O)CCC(F)(F)F. The number of halogens is 3. The highest BCUT2D eigenvalue weighted by atomic mass is 19.4. The molecule has 2 nitrogen and oxygen atoms in total. The van der Waals surface area contributed by atoms with Gasteiger partial charge in [-0.15, -0.1) is 0 Å². The summed E-state index contributed by atoms with van der Waals surface area (Å²) in [5.74, 6) is 0. The van der Waals surface area contributed by atoms with Gasteiger partial charge in [0.2, 0.25) is 0 Å². The molecule has 0 radical (unpaired) electrons. The van der Waals surface area contributed by atoms with Crippen molar-refractivity contribution >= 4 is 0 Å². The molecule has 5 heteroatoms. The minimum absolute atomic E-state index is 0.284. The molecule has 0 aliphatic heterocycles. The highest BCUT2D eigenvalue weighted by Gasteiger charge is 2.30. The van der Waals surface area contributed by atoms with Crippen molar-refractivity contribution in [1.82, 2.24) is 0 Å². The molecule has 1 N–H and O–H groups in total. The monoisotopic (exact) mass is 228 g/mol. The Morgan fingerprint density at radius 2 is 1.80 bits per heavy atom. The van der Waals surface area contributed by atoms with E-state index < -0.39 is 24.8 Å². The second kappa shape index (κ2) is 7.06. The fraction of sp³-hybridized carbons (Fsp3) is 1.00. The van der Waals surface area contributed by atoms with Gasteiger partial charge in [0.05, 0.1) is 12.2 Å². The summed E-state index contributed by atoms with van der Waals surface area (Å²) in [7, 11) is 0. The van der Waals surface area contributed by atoms with E-state index in [1.807, 2.05) is 6.92 Å². The normalized spacial score (nSPS) is 16.4. The summed E-state index contributed by atoms with van der Waals surface area (Å²) in [4.78, 5) is 0. The van der Waals surface area contributed by atoms with Gasteiger partial charge in [0.15, 0.2) is 0 Å². The number of rotatable bonds is 7. The summed E-state index contributed by atoms with van der Waals surface area (Å²) in [6.45, 7) is 4.08. The van der Waals surface area contributed by atoms with E-state index >= 15 is 0 Å². The van der Waals surface area contributed by atoms with Crippen molar-refractivity contribution in [2.45, 2.75) is 57.9 Å². The van der Waals surface area contributed by atoms with E-state index in [1.54, 1.807) is 6.92 Å². The third-order valence-electron chi connectivity index (χ3n) is 2.11. The van der Waals surface area contributed by atoms with Crippen molar-refractivity contribution in [3.05, 3.63) is 0 Å². The van der Waals surface area contributed by atoms with Crippen molar-refractivity contribution in [3.8, 4) is 0 Å². The van der Waals surface area contributed by atoms with Crippen LogP contribution in [0.2, 0.25) is 0 Å². The molecule has 2 atom stereocenters. The van der Waals surface area contributed by atoms with Crippen molar-refractivity contribution in [2.75, 3.05) is 6.61 Å². The Labute approximate surface area is 88.4 Å². The average molecular weight is 228 g/mol. The number of hydrogen-bond acceptors (Lipinski definition) is 2. The lowest BCUT2D eigenvalue weighted by atomic mass is 10.0. The molecule has 15 heavy (non-hydrogen) atoms. The fourth-order valence-electron chi connectivity index (χ4n) is 1.38. The van der Waals surface area contributed by atoms with Gasteiger partial charge in [-0.25, -0.2) is 0 Å². The maximum Gasteiger partial charge on any atom is 0.389 e. The number of hydrogen-bond donors (Lipinski definition) is 1. The smallest absolute Gasteiger partial charge is 0.389 e. The first kappa shape index (κ1) is 14.7. The molecule has 0 saturated carbocycles. The average Bonchev–Trinajstić information content (AvgIpc) is 2.13. The highest BCUT2D eigenvalue weighted by Crippen LogP contribution is 2.24. The van der Waals surface area contributed by atoms with E-state index in [0.717, 1.165) is 6.42 Å². The molecule has 0 bridgehead atoms. The summed E-state index contributed by atoms with van der Waals surface area (Å²) in [5.41, 5.74) is 0. The number of aliphatic hydroxyl groups excluding tert-OH is 1. The summed E-state index contributed by atoms with van der Waals surface area (Å²) in [6.07, 6.45) is -5.56. The molecule has 0 amide bonds. The van der Waals surface area contributed by atoms with Gasteiger partial charge in [0.1, 0.15) is 0 Å². The molecular weight excluding hydrogens is 209 g/mol. The number of aliphatic hydroxyl groups is 1. The molecule has 0 aromatic rings. The van der Waals surface area contributed by atoms with Crippen LogP contribution >= 0.6 is 0 Å². The molecule has 0 fully saturated rings. The summed E-state index contributed by atoms with van der Waals surface area (Å²) >= 11 is 0. The second-order valence-electron chi connectivity index (χ2n) is 3.50. The zero-order valence-corrected chi connectivity index (χ0v) is 9.18. The van der Waals surface area contributed by atoms with Crippen LogP contribution in [0.5, 0.6) is 0 Å². The van der Waals surface area contributed by atoms with E-state index in [0.29, 0.717) is 13.0 Å². The van der Waals surface area contributed by atoms with Gasteiger partial charge in [-0.05, 0) is 19.8 Å². The van der Waals surface area contributed by atoms with Crippen LogP contribution in [0.4, 0.5) is 13.2 Å². The van der Waals surface area contributed by atoms with Crippen LogP contribution in [-0.2, 0) is 4.74 Å². The van der Waals surface area contributed by atoms with Gasteiger partial charge in [-0.3, -0.25) is 0 Å². The third kappa shape index (κ3) is 7.62. The van der Waals surface area contributed by atoms with Crippen LogP contribution in [0.25, 0.3) is 0 Å². The van der Waals surface area contributed by atoms with Crippen molar-refractivity contribution in [1.29, 1.82) is 0 Å². The standard InChI is InChI=1S/C10H19F3O2/c1-3-5-9(15-4-2)8(14)6-7-10(11,12)13/h8-9,14H,3-7H2,1-2H3. The lowest BCUT2D eigenvalue weighted by Gasteiger charge is -2.22. The Hall–Kier alpha value is -0.290. The zero-order chi connectivity index (χ0) is 11.9. The third-order valence-corrected chi connectivity index (χ3v) is 2.11. The predicted octanol–water partition coefficient (Wildman–Crippen LogP) is 2.90. The van der Waals surface area contributed by atoms with E-state index in [-0.39, 0.29) is 6.42 Å². The zero-order valence-electron chi connectivity index (χ0n) is 9.18. The minimum Gasteiger partial charge on any atom is -0.390 e. The Balaban J connectivity index is 3.96. The molecule has 0 heterocycles. The van der Waals surface area contributed by atoms with Crippen molar-refractivity contribution in [3.63, 3.8) is 0 Å². The number of ether oxygens (including phenoxy) is 1. The molecule has 92 valence electrons. The van der Waals surface area contributed by atoms with Gasteiger partial charge < -0.3 is 9.84 Å². The molecule has 0 aromatic carbocycles. The van der Waals surface area contributed by atoms with Gasteiger partial charge >= 0.3 is 6.18 Å². The van der Waals surface area contributed by atoms with Crippen molar-refractivity contribution < 1.29 is 23.0 Å². The summed E-state index contributed by atoms with van der Waals surface area (Å²) in [5, 5.41) is 9.51. The first-order valence-electron chi connectivity index (χ1n) is 5.27. The summed E-state index contributed by atoms with van der Waals surface area (Å²) < 4.78 is 40.9. The van der Waals surface area contributed by atoms with Crippen molar-refractivity contribution in [2.24, 2.45) is 0 Å². The first-order valence-corrected chi connectivity index (χ1v) is 5.27. The Kier molecular flexibility index (Phi) is 6.92. The lowest BCUT2D eigenvalue weighted by Crippen LogP contribution is -2.30. The maximum atomic E-state index is 11.9. The minimum atomic E-state index is -4.20. The maximum absolute atomic E-state index is 11.9. The molecule has 0 aliphatic rings. The Morgan fingerprint density at radius 3 is 2.20 bits per heavy atom. The molecule has 0 rings (SSSR count). The molecule has 0 aromatic heterocycles. The Morgan fingerprint density at radius 1 is 1.20 bits per heavy atom. The first-order chi connectivity index (χ1) is 6.90. The second-order valence-corrected chi connectivity index (χ2v) is 3.50. The van der Waals surface area contributed by atoms with Gasteiger partial charge in [-0.1, -0.05) is 13.3 Å². The lowest BCUT2D eigenvalue weighted by molar-refractivity contribution is -0.145. The van der Waals surface area contributed by atoms with Crippen LogP contribution < -0.4 is 0 Å². The molecule has 0 spiro atoms. The fourth-order valence-corrected chi connectivity index (χ4v) is 1.38.